The van der Waals surface area contributed by atoms with Crippen LogP contribution in [0.3, 0.4) is 0 Å². The molecule has 0 spiro atoms. The van der Waals surface area contributed by atoms with Gasteiger partial charge in [0.1, 0.15) is 17.1 Å². The quantitative estimate of drug-likeness (QED) is 0.737. The van der Waals surface area contributed by atoms with E-state index in [4.69, 9.17) is 15.2 Å². The Morgan fingerprint density at radius 2 is 2.12 bits per heavy atom. The molecule has 0 aliphatic carbocycles. The van der Waals surface area contributed by atoms with Gasteiger partial charge in [0, 0.05) is 6.07 Å². The number of Topliss-reactive ketones (excluding diaryl/α,β-unsaturated/α-hetero) is 1. The van der Waals surface area contributed by atoms with E-state index in [0.29, 0.717) is 29.2 Å². The fourth-order valence-corrected chi connectivity index (χ4v) is 1.87. The Morgan fingerprint density at radius 3 is 2.75 bits per heavy atom. The molecule has 0 atom stereocenters. The molecule has 16 heavy (non-hydrogen) atoms. The molecule has 1 heterocycles. The molecule has 2 rings (SSSR count). The molecule has 0 radical (unpaired) electrons. The lowest BCUT2D eigenvalue weighted by atomic mass is 9.93. The molecule has 1 aromatic rings. The van der Waals surface area contributed by atoms with E-state index in [0.717, 1.165) is 0 Å². The summed E-state index contributed by atoms with van der Waals surface area (Å²) in [5.41, 5.74) is 6.28. The Kier molecular flexibility index (Phi) is 2.30. The summed E-state index contributed by atoms with van der Waals surface area (Å²) in [4.78, 5) is 11.9. The van der Waals surface area contributed by atoms with E-state index >= 15 is 0 Å². The fraction of sp³-hybridized carbons (Fsp3) is 0.417. The monoisotopic (exact) mass is 221 g/mol. The highest BCUT2D eigenvalue weighted by molar-refractivity contribution is 6.01. The number of nitrogens with two attached hydrogens (primary N) is 1. The third-order valence-corrected chi connectivity index (χ3v) is 2.60. The maximum atomic E-state index is 11.9. The zero-order valence-corrected chi connectivity index (χ0v) is 9.66. The van der Waals surface area contributed by atoms with Crippen LogP contribution < -0.4 is 15.2 Å². The van der Waals surface area contributed by atoms with E-state index in [1.54, 1.807) is 12.1 Å². The molecule has 1 aromatic carbocycles. The SMILES string of the molecule is COc1cc2c(cc1N)C(=O)CC(C)(C)O2. The zero-order chi connectivity index (χ0) is 11.9. The van der Waals surface area contributed by atoms with Gasteiger partial charge in [0.15, 0.2) is 5.78 Å². The lowest BCUT2D eigenvalue weighted by molar-refractivity contribution is 0.0619. The first-order chi connectivity index (χ1) is 7.43. The van der Waals surface area contributed by atoms with E-state index in [2.05, 4.69) is 0 Å². The molecule has 1 aliphatic rings. The number of carbonyl (C=O) groups excluding carboxylic acids is 1. The summed E-state index contributed by atoms with van der Waals surface area (Å²) in [6.45, 7) is 3.77. The average molecular weight is 221 g/mol. The maximum Gasteiger partial charge on any atom is 0.170 e. The van der Waals surface area contributed by atoms with E-state index in [1.807, 2.05) is 13.8 Å². The lowest BCUT2D eigenvalue weighted by Gasteiger charge is -2.31. The van der Waals surface area contributed by atoms with Crippen molar-refractivity contribution < 1.29 is 14.3 Å². The average Bonchev–Trinajstić information content (AvgIpc) is 2.17. The largest absolute Gasteiger partial charge is 0.494 e. The minimum Gasteiger partial charge on any atom is -0.494 e. The predicted molar refractivity (Wildman–Crippen MR) is 61.1 cm³/mol. The molecule has 0 unspecified atom stereocenters. The molecular formula is C12H15NO3. The van der Waals surface area contributed by atoms with E-state index in [9.17, 15) is 4.79 Å². The van der Waals surface area contributed by atoms with Crippen LogP contribution in [0.5, 0.6) is 11.5 Å². The Balaban J connectivity index is 2.54. The number of hydrogen-bond donors (Lipinski definition) is 1. The van der Waals surface area contributed by atoms with Crippen LogP contribution in [0.15, 0.2) is 12.1 Å². The maximum absolute atomic E-state index is 11.9. The number of rotatable bonds is 1. The Hall–Kier alpha value is -1.71. The minimum atomic E-state index is -0.467. The molecule has 1 aliphatic heterocycles. The number of methoxy groups -OCH3 is 1. The minimum absolute atomic E-state index is 0.0561. The van der Waals surface area contributed by atoms with Gasteiger partial charge in [-0.05, 0) is 19.9 Å². The van der Waals surface area contributed by atoms with Gasteiger partial charge in [-0.15, -0.1) is 0 Å². The van der Waals surface area contributed by atoms with Gasteiger partial charge >= 0.3 is 0 Å². The Morgan fingerprint density at radius 1 is 1.44 bits per heavy atom. The van der Waals surface area contributed by atoms with Gasteiger partial charge in [-0.1, -0.05) is 0 Å². The van der Waals surface area contributed by atoms with Crippen molar-refractivity contribution in [2.45, 2.75) is 25.9 Å². The van der Waals surface area contributed by atoms with Crippen molar-refractivity contribution in [1.29, 1.82) is 0 Å². The van der Waals surface area contributed by atoms with Gasteiger partial charge in [-0.3, -0.25) is 4.79 Å². The molecule has 0 aromatic heterocycles. The summed E-state index contributed by atoms with van der Waals surface area (Å²) in [6.07, 6.45) is 0.367. The Bertz CT molecular complexity index is 452. The van der Waals surface area contributed by atoms with Crippen molar-refractivity contribution in [3.8, 4) is 11.5 Å². The zero-order valence-electron chi connectivity index (χ0n) is 9.66. The summed E-state index contributed by atoms with van der Waals surface area (Å²) in [5.74, 6) is 1.14. The third-order valence-electron chi connectivity index (χ3n) is 2.60. The van der Waals surface area contributed by atoms with Gasteiger partial charge in [-0.25, -0.2) is 0 Å². The molecule has 4 nitrogen and oxygen atoms in total. The number of ketones is 1. The van der Waals surface area contributed by atoms with Crippen LogP contribution in [0.25, 0.3) is 0 Å². The summed E-state index contributed by atoms with van der Waals surface area (Å²) >= 11 is 0. The molecule has 0 amide bonds. The third kappa shape index (κ3) is 1.71. The van der Waals surface area contributed by atoms with Crippen molar-refractivity contribution in [3.05, 3.63) is 17.7 Å². The molecule has 2 N–H and O–H groups in total. The number of hydrogen-bond acceptors (Lipinski definition) is 4. The second-order valence-electron chi connectivity index (χ2n) is 4.55. The van der Waals surface area contributed by atoms with Crippen molar-refractivity contribution in [2.75, 3.05) is 12.8 Å². The summed E-state index contributed by atoms with van der Waals surface area (Å²) in [5, 5.41) is 0. The topological polar surface area (TPSA) is 61.5 Å². The highest BCUT2D eigenvalue weighted by Gasteiger charge is 2.33. The lowest BCUT2D eigenvalue weighted by Crippen LogP contribution is -2.35. The standard InChI is InChI=1S/C12H15NO3/c1-12(2)6-9(14)7-4-8(13)11(15-3)5-10(7)16-12/h4-5H,6,13H2,1-3H3. The van der Waals surface area contributed by atoms with Crippen LogP contribution in [0.2, 0.25) is 0 Å². The summed E-state index contributed by atoms with van der Waals surface area (Å²) < 4.78 is 10.8. The number of carbonyl (C=O) groups is 1. The van der Waals surface area contributed by atoms with E-state index in [-0.39, 0.29) is 5.78 Å². The van der Waals surface area contributed by atoms with Gasteiger partial charge in [0.2, 0.25) is 0 Å². The molecule has 0 fully saturated rings. The van der Waals surface area contributed by atoms with Crippen molar-refractivity contribution in [2.24, 2.45) is 0 Å². The van der Waals surface area contributed by atoms with Gasteiger partial charge in [0.05, 0.1) is 24.8 Å². The van der Waals surface area contributed by atoms with Crippen molar-refractivity contribution >= 4 is 11.5 Å². The van der Waals surface area contributed by atoms with E-state index < -0.39 is 5.60 Å². The molecule has 0 bridgehead atoms. The number of benzene rings is 1. The molecule has 0 saturated carbocycles. The first-order valence-electron chi connectivity index (χ1n) is 5.13. The van der Waals surface area contributed by atoms with Crippen LogP contribution >= 0.6 is 0 Å². The Labute approximate surface area is 94.3 Å². The fourth-order valence-electron chi connectivity index (χ4n) is 1.87. The number of anilines is 1. The molecular weight excluding hydrogens is 206 g/mol. The normalized spacial score (nSPS) is 17.6. The van der Waals surface area contributed by atoms with Crippen molar-refractivity contribution in [3.63, 3.8) is 0 Å². The molecule has 0 saturated heterocycles. The molecule has 4 heteroatoms. The summed E-state index contributed by atoms with van der Waals surface area (Å²) in [6, 6.07) is 3.29. The van der Waals surface area contributed by atoms with Crippen LogP contribution in [0.1, 0.15) is 30.6 Å². The second-order valence-corrected chi connectivity index (χ2v) is 4.55. The number of nitrogen functional groups attached to an aromatic ring is 1. The van der Waals surface area contributed by atoms with Gasteiger partial charge in [-0.2, -0.15) is 0 Å². The second kappa shape index (κ2) is 3.40. The van der Waals surface area contributed by atoms with Gasteiger partial charge in [0.25, 0.3) is 0 Å². The highest BCUT2D eigenvalue weighted by Crippen LogP contribution is 2.38. The van der Waals surface area contributed by atoms with Crippen molar-refractivity contribution in [1.82, 2.24) is 0 Å². The van der Waals surface area contributed by atoms with Crippen LogP contribution in [0.4, 0.5) is 5.69 Å². The first-order valence-corrected chi connectivity index (χ1v) is 5.13. The summed E-state index contributed by atoms with van der Waals surface area (Å²) in [7, 11) is 1.54. The highest BCUT2D eigenvalue weighted by atomic mass is 16.5. The van der Waals surface area contributed by atoms with Gasteiger partial charge < -0.3 is 15.2 Å². The van der Waals surface area contributed by atoms with E-state index in [1.165, 1.54) is 7.11 Å². The van der Waals surface area contributed by atoms with Crippen LogP contribution in [-0.2, 0) is 0 Å². The first kappa shape index (κ1) is 10.8. The smallest absolute Gasteiger partial charge is 0.170 e. The number of ether oxygens (including phenoxy) is 2. The predicted octanol–water partition coefficient (Wildman–Crippen LogP) is 2.02. The van der Waals surface area contributed by atoms with Crippen LogP contribution in [0, 0.1) is 0 Å². The van der Waals surface area contributed by atoms with Crippen LogP contribution in [-0.4, -0.2) is 18.5 Å². The molecule has 86 valence electrons. The number of fused-ring (bicyclic) bond motifs is 1.